The summed E-state index contributed by atoms with van der Waals surface area (Å²) in [5.74, 6) is -1.21. The fourth-order valence-electron chi connectivity index (χ4n) is 0.880. The van der Waals surface area contributed by atoms with Crippen LogP contribution in [0.3, 0.4) is 0 Å². The van der Waals surface area contributed by atoms with E-state index in [9.17, 15) is 17.3 Å². The maximum Gasteiger partial charge on any atom is 1.00 e. The molecule has 88 valence electrons. The molecule has 0 radical (unpaired) electrons. The number of hydrogen-bond acceptors (Lipinski definition) is 1. The van der Waals surface area contributed by atoms with E-state index in [1.54, 1.807) is 0 Å². The van der Waals surface area contributed by atoms with Gasteiger partial charge >= 0.3 is 58.4 Å². The van der Waals surface area contributed by atoms with Crippen molar-refractivity contribution in [1.82, 2.24) is 0 Å². The van der Waals surface area contributed by atoms with Crippen LogP contribution >= 0.6 is 11.6 Å². The van der Waals surface area contributed by atoms with Crippen LogP contribution in [0.2, 0.25) is 5.02 Å². The Balaban J connectivity index is 0.00000256. The van der Waals surface area contributed by atoms with Crippen LogP contribution in [0, 0.1) is 5.82 Å². The average molecular weight is 293 g/mol. The van der Waals surface area contributed by atoms with E-state index in [0.29, 0.717) is 0 Å². The van der Waals surface area contributed by atoms with Gasteiger partial charge in [0.1, 0.15) is 0 Å². The molecule has 8 heteroatoms. The summed E-state index contributed by atoms with van der Waals surface area (Å²) in [4.78, 5) is 0. The van der Waals surface area contributed by atoms with Crippen LogP contribution < -0.4 is 56.1 Å². The monoisotopic (exact) mass is 292 g/mol. The predicted octanol–water partition coefficient (Wildman–Crippen LogP) is 0.805. The Hall–Kier alpha value is 0.471. The zero-order valence-electron chi connectivity index (χ0n) is 9.02. The van der Waals surface area contributed by atoms with Crippen molar-refractivity contribution in [3.63, 3.8) is 0 Å². The molecule has 0 saturated heterocycles. The van der Waals surface area contributed by atoms with E-state index in [4.69, 9.17) is 11.6 Å². The van der Waals surface area contributed by atoms with Gasteiger partial charge in [-0.3, -0.25) is 0 Å². The van der Waals surface area contributed by atoms with Crippen molar-refractivity contribution in [2.75, 3.05) is 6.61 Å². The van der Waals surface area contributed by atoms with Crippen LogP contribution in [0.1, 0.15) is 0 Å². The third-order valence-electron chi connectivity index (χ3n) is 1.78. The standard InChI is InChI=1S/C9H7BClF4O.K/c1-6(10(13,14)15)5-16-9-7(11)3-2-4-8(9)12;/h2-4H,1,5H2;/q-1;+1. The van der Waals surface area contributed by atoms with E-state index < -0.39 is 30.6 Å². The van der Waals surface area contributed by atoms with E-state index in [1.807, 2.05) is 0 Å². The first kappa shape index (κ1) is 17.5. The van der Waals surface area contributed by atoms with Gasteiger partial charge in [-0.05, 0) is 12.1 Å². The first-order valence-corrected chi connectivity index (χ1v) is 4.64. The maximum absolute atomic E-state index is 13.1. The minimum Gasteiger partial charge on any atom is -0.488 e. The molecule has 1 nitrogen and oxygen atoms in total. The van der Waals surface area contributed by atoms with Crippen molar-refractivity contribution >= 4 is 18.6 Å². The topological polar surface area (TPSA) is 9.23 Å². The van der Waals surface area contributed by atoms with Crippen molar-refractivity contribution in [3.8, 4) is 5.75 Å². The number of rotatable bonds is 4. The fourth-order valence-corrected chi connectivity index (χ4v) is 1.10. The van der Waals surface area contributed by atoms with Gasteiger partial charge in [0.2, 0.25) is 0 Å². The Labute approximate surface area is 144 Å². The first-order valence-electron chi connectivity index (χ1n) is 4.27. The second-order valence-electron chi connectivity index (χ2n) is 3.07. The van der Waals surface area contributed by atoms with Gasteiger partial charge in [0, 0.05) is 0 Å². The number of para-hydroxylation sites is 1. The van der Waals surface area contributed by atoms with Crippen LogP contribution in [-0.4, -0.2) is 13.6 Å². The Kier molecular flexibility index (Phi) is 7.36. The van der Waals surface area contributed by atoms with Crippen LogP contribution in [-0.2, 0) is 0 Å². The molecule has 0 N–H and O–H groups in total. The summed E-state index contributed by atoms with van der Waals surface area (Å²) in [5, 5.41) is -0.0810. The second kappa shape index (κ2) is 7.16. The Morgan fingerprint density at radius 3 is 2.41 bits per heavy atom. The molecule has 1 rings (SSSR count). The SMILES string of the molecule is C=C(COc1c(F)cccc1Cl)[B-](F)(F)F.[K+]. The molecule has 0 aliphatic carbocycles. The number of benzene rings is 1. The Bertz CT molecular complexity index is 390. The molecule has 0 spiro atoms. The summed E-state index contributed by atoms with van der Waals surface area (Å²) in [6.45, 7) is -3.19. The first-order chi connectivity index (χ1) is 7.32. The van der Waals surface area contributed by atoms with Gasteiger partial charge in [-0.15, -0.1) is 12.1 Å². The van der Waals surface area contributed by atoms with Crippen molar-refractivity contribution in [3.05, 3.63) is 41.1 Å². The van der Waals surface area contributed by atoms with Gasteiger partial charge in [0.25, 0.3) is 0 Å². The van der Waals surface area contributed by atoms with Crippen molar-refractivity contribution < 1.29 is 73.5 Å². The zero-order chi connectivity index (χ0) is 12.3. The van der Waals surface area contributed by atoms with Gasteiger partial charge in [0.05, 0.1) is 11.6 Å². The molecule has 0 amide bonds. The molecule has 1 aromatic rings. The minimum absolute atomic E-state index is 0. The Morgan fingerprint density at radius 2 is 1.94 bits per heavy atom. The third kappa shape index (κ3) is 5.32. The zero-order valence-corrected chi connectivity index (χ0v) is 12.9. The molecule has 1 aromatic carbocycles. The molecular weight excluding hydrogens is 285 g/mol. The number of hydrogen-bond donors (Lipinski definition) is 0. The van der Waals surface area contributed by atoms with Gasteiger partial charge in [-0.1, -0.05) is 17.7 Å². The third-order valence-corrected chi connectivity index (χ3v) is 2.08. The summed E-state index contributed by atoms with van der Waals surface area (Å²) in [6.07, 6.45) is 0. The molecule has 17 heavy (non-hydrogen) atoms. The van der Waals surface area contributed by atoms with Gasteiger partial charge in [-0.2, -0.15) is 0 Å². The number of ether oxygens (including phenoxy) is 1. The van der Waals surface area contributed by atoms with Gasteiger partial charge in [-0.25, -0.2) is 4.39 Å². The second-order valence-corrected chi connectivity index (χ2v) is 3.48. The summed E-state index contributed by atoms with van der Waals surface area (Å²) >= 11 is 5.56. The smallest absolute Gasteiger partial charge is 0.488 e. The number of halogens is 5. The van der Waals surface area contributed by atoms with Crippen LogP contribution in [0.25, 0.3) is 0 Å². The van der Waals surface area contributed by atoms with Crippen LogP contribution in [0.5, 0.6) is 5.75 Å². The van der Waals surface area contributed by atoms with E-state index >= 15 is 0 Å². The molecule has 0 aromatic heterocycles. The summed E-state index contributed by atoms with van der Waals surface area (Å²) < 4.78 is 54.1. The van der Waals surface area contributed by atoms with Crippen molar-refractivity contribution in [2.24, 2.45) is 0 Å². The molecule has 0 fully saturated rings. The molecule has 0 saturated carbocycles. The van der Waals surface area contributed by atoms with E-state index in [2.05, 4.69) is 11.3 Å². The van der Waals surface area contributed by atoms with Crippen LogP contribution in [0.4, 0.5) is 17.3 Å². The molecular formula is C9H7BClF4KO. The normalized spacial score (nSPS) is 10.6. The van der Waals surface area contributed by atoms with E-state index in [-0.39, 0.29) is 56.4 Å². The average Bonchev–Trinajstić information content (AvgIpc) is 2.15. The molecule has 0 aliphatic heterocycles. The molecule has 0 bridgehead atoms. The van der Waals surface area contributed by atoms with E-state index in [0.717, 1.165) is 6.07 Å². The summed E-state index contributed by atoms with van der Waals surface area (Å²) in [5.41, 5.74) is -1.04. The predicted molar refractivity (Wildman–Crippen MR) is 55.1 cm³/mol. The minimum atomic E-state index is -5.18. The summed E-state index contributed by atoms with van der Waals surface area (Å²) in [7, 11) is 0. The largest absolute Gasteiger partial charge is 1.00 e. The van der Waals surface area contributed by atoms with Crippen molar-refractivity contribution in [1.29, 1.82) is 0 Å². The van der Waals surface area contributed by atoms with Gasteiger partial charge in [0.15, 0.2) is 11.6 Å². The van der Waals surface area contributed by atoms with Crippen molar-refractivity contribution in [2.45, 2.75) is 0 Å². The fraction of sp³-hybridized carbons (Fsp3) is 0.111. The molecule has 0 heterocycles. The van der Waals surface area contributed by atoms with E-state index in [1.165, 1.54) is 12.1 Å². The Morgan fingerprint density at radius 1 is 1.35 bits per heavy atom. The molecule has 0 atom stereocenters. The van der Waals surface area contributed by atoms with Crippen LogP contribution in [0.15, 0.2) is 30.3 Å². The molecule has 0 aliphatic rings. The van der Waals surface area contributed by atoms with Gasteiger partial charge < -0.3 is 17.7 Å². The quantitative estimate of drug-likeness (QED) is 0.589. The molecule has 0 unspecified atom stereocenters. The maximum atomic E-state index is 13.1. The summed E-state index contributed by atoms with van der Waals surface area (Å²) in [6, 6.07) is 3.69.